The molecule has 1 aromatic heterocycles. The molecule has 0 unspecified atom stereocenters. The van der Waals surface area contributed by atoms with Crippen molar-refractivity contribution >= 4 is 23.2 Å². The number of likely N-dealkylation sites (N-methyl/N-ethyl adjacent to an activating group) is 1. The van der Waals surface area contributed by atoms with Crippen molar-refractivity contribution in [3.8, 4) is 0 Å². The second-order valence-corrected chi connectivity index (χ2v) is 6.72. The van der Waals surface area contributed by atoms with Gasteiger partial charge in [-0.15, -0.1) is 0 Å². The van der Waals surface area contributed by atoms with Crippen LogP contribution in [0.2, 0.25) is 5.02 Å². The summed E-state index contributed by atoms with van der Waals surface area (Å²) in [4.78, 5) is 13.9. The van der Waals surface area contributed by atoms with Crippen LogP contribution < -0.4 is 5.32 Å². The average molecular weight is 403 g/mol. The zero-order valence-electron chi connectivity index (χ0n) is 15.0. The van der Waals surface area contributed by atoms with Gasteiger partial charge in [0.15, 0.2) is 0 Å². The van der Waals surface area contributed by atoms with Crippen molar-refractivity contribution in [3.63, 3.8) is 0 Å². The molecule has 0 aliphatic carbocycles. The van der Waals surface area contributed by atoms with E-state index in [1.807, 2.05) is 21.8 Å². The number of rotatable bonds is 9. The maximum absolute atomic E-state index is 12.9. The van der Waals surface area contributed by atoms with Crippen molar-refractivity contribution < 1.29 is 18.0 Å². The summed E-state index contributed by atoms with van der Waals surface area (Å²) in [6.45, 7) is 1.68. The fourth-order valence-electron chi connectivity index (χ4n) is 2.61. The maximum Gasteiger partial charge on any atom is 0.417 e. The second-order valence-electron chi connectivity index (χ2n) is 6.31. The molecule has 0 radical (unpaired) electrons. The van der Waals surface area contributed by atoms with Crippen LogP contribution in [-0.4, -0.2) is 40.7 Å². The molecule has 0 atom stereocenters. The number of hydrogen-bond donors (Lipinski definition) is 1. The van der Waals surface area contributed by atoms with Gasteiger partial charge in [0.25, 0.3) is 0 Å². The minimum atomic E-state index is -4.56. The zero-order valence-corrected chi connectivity index (χ0v) is 15.7. The van der Waals surface area contributed by atoms with Crippen molar-refractivity contribution in [2.75, 3.05) is 25.5 Å². The summed E-state index contributed by atoms with van der Waals surface area (Å²) in [7, 11) is 1.80. The van der Waals surface area contributed by atoms with Gasteiger partial charge in [0.05, 0.1) is 17.1 Å². The Labute approximate surface area is 161 Å². The number of aromatic nitrogens is 2. The summed E-state index contributed by atoms with van der Waals surface area (Å²) in [5, 5.41) is 6.22. The minimum absolute atomic E-state index is 0.0735. The normalized spacial score (nSPS) is 11.8. The molecule has 0 fully saturated rings. The monoisotopic (exact) mass is 402 g/mol. The number of hydrogen-bond acceptors (Lipinski definition) is 3. The molecule has 0 bridgehead atoms. The number of carbonyl (C=O) groups excluding carboxylic acids is 1. The van der Waals surface area contributed by atoms with E-state index < -0.39 is 16.8 Å². The van der Waals surface area contributed by atoms with E-state index in [1.165, 1.54) is 6.07 Å². The summed E-state index contributed by atoms with van der Waals surface area (Å²) in [6, 6.07) is 5.20. The molecule has 0 aliphatic heterocycles. The molecular formula is C18H22ClF3N4O. The van der Waals surface area contributed by atoms with E-state index in [-0.39, 0.29) is 18.1 Å². The first-order valence-corrected chi connectivity index (χ1v) is 8.96. The Bertz CT molecular complexity index is 735. The van der Waals surface area contributed by atoms with Crippen LogP contribution in [0.3, 0.4) is 0 Å². The fraction of sp³-hybridized carbons (Fsp3) is 0.444. The van der Waals surface area contributed by atoms with Gasteiger partial charge in [0.2, 0.25) is 5.91 Å². The molecule has 1 aromatic carbocycles. The van der Waals surface area contributed by atoms with Crippen molar-refractivity contribution in [2.24, 2.45) is 0 Å². The first-order chi connectivity index (χ1) is 12.8. The SMILES string of the molecule is CN(CCCCCn1cccn1)CC(=O)Nc1ccc(Cl)c(C(F)(F)F)c1. The summed E-state index contributed by atoms with van der Waals surface area (Å²) in [5.74, 6) is -0.371. The van der Waals surface area contributed by atoms with Crippen LogP contribution in [0.25, 0.3) is 0 Å². The topological polar surface area (TPSA) is 50.2 Å². The number of carbonyl (C=O) groups is 1. The third-order valence-corrected chi connectivity index (χ3v) is 4.28. The highest BCUT2D eigenvalue weighted by atomic mass is 35.5. The molecule has 0 aliphatic rings. The van der Waals surface area contributed by atoms with Gasteiger partial charge < -0.3 is 5.32 Å². The van der Waals surface area contributed by atoms with Gasteiger partial charge in [0.1, 0.15) is 0 Å². The molecule has 5 nitrogen and oxygen atoms in total. The Hall–Kier alpha value is -2.06. The fourth-order valence-corrected chi connectivity index (χ4v) is 2.83. The highest BCUT2D eigenvalue weighted by Crippen LogP contribution is 2.36. The van der Waals surface area contributed by atoms with Gasteiger partial charge in [-0.1, -0.05) is 18.0 Å². The molecular weight excluding hydrogens is 381 g/mol. The Kier molecular flexibility index (Phi) is 7.67. The molecule has 27 heavy (non-hydrogen) atoms. The minimum Gasteiger partial charge on any atom is -0.325 e. The molecule has 0 saturated carbocycles. The zero-order chi connectivity index (χ0) is 19.9. The Morgan fingerprint density at radius 2 is 2.07 bits per heavy atom. The number of alkyl halides is 3. The first kappa shape index (κ1) is 21.2. The van der Waals surface area contributed by atoms with Gasteiger partial charge in [-0.05, 0) is 50.7 Å². The Morgan fingerprint density at radius 3 is 2.74 bits per heavy atom. The molecule has 9 heteroatoms. The molecule has 0 saturated heterocycles. The number of nitrogens with zero attached hydrogens (tertiary/aromatic N) is 3. The summed E-state index contributed by atoms with van der Waals surface area (Å²) >= 11 is 5.57. The molecule has 1 amide bonds. The van der Waals surface area contributed by atoms with Crippen molar-refractivity contribution in [1.82, 2.24) is 14.7 Å². The van der Waals surface area contributed by atoms with Gasteiger partial charge in [0, 0.05) is 24.6 Å². The van der Waals surface area contributed by atoms with E-state index in [0.717, 1.165) is 44.5 Å². The standard InChI is InChI=1S/C18H22ClF3N4O/c1-25(9-3-2-4-10-26-11-5-8-23-26)13-17(27)24-14-6-7-16(19)15(12-14)18(20,21)22/h5-8,11-12H,2-4,9-10,13H2,1H3,(H,24,27). The van der Waals surface area contributed by atoms with E-state index in [1.54, 1.807) is 13.2 Å². The number of amides is 1. The molecule has 2 aromatic rings. The number of anilines is 1. The highest BCUT2D eigenvalue weighted by Gasteiger charge is 2.33. The quantitative estimate of drug-likeness (QED) is 0.636. The lowest BCUT2D eigenvalue weighted by Crippen LogP contribution is -2.31. The van der Waals surface area contributed by atoms with Crippen molar-refractivity contribution in [1.29, 1.82) is 0 Å². The van der Waals surface area contributed by atoms with E-state index in [2.05, 4.69) is 10.4 Å². The lowest BCUT2D eigenvalue weighted by molar-refractivity contribution is -0.137. The van der Waals surface area contributed by atoms with Crippen LogP contribution in [0.15, 0.2) is 36.7 Å². The van der Waals surface area contributed by atoms with E-state index in [0.29, 0.717) is 0 Å². The van der Waals surface area contributed by atoms with Gasteiger partial charge in [-0.2, -0.15) is 18.3 Å². The number of benzene rings is 1. The lowest BCUT2D eigenvalue weighted by atomic mass is 10.2. The summed E-state index contributed by atoms with van der Waals surface area (Å²) < 4.78 is 40.4. The number of nitrogens with one attached hydrogen (secondary N) is 1. The van der Waals surface area contributed by atoms with Crippen LogP contribution >= 0.6 is 11.6 Å². The van der Waals surface area contributed by atoms with Crippen LogP contribution in [0, 0.1) is 0 Å². The molecule has 0 spiro atoms. The lowest BCUT2D eigenvalue weighted by Gasteiger charge is -2.17. The van der Waals surface area contributed by atoms with Gasteiger partial charge in [-0.25, -0.2) is 0 Å². The number of aryl methyl sites for hydroxylation is 1. The van der Waals surface area contributed by atoms with Crippen molar-refractivity contribution in [2.45, 2.75) is 32.0 Å². The second kappa shape index (κ2) is 9.75. The third kappa shape index (κ3) is 7.22. The summed E-state index contributed by atoms with van der Waals surface area (Å²) in [6.07, 6.45) is 2.00. The van der Waals surface area contributed by atoms with Crippen LogP contribution in [0.5, 0.6) is 0 Å². The highest BCUT2D eigenvalue weighted by molar-refractivity contribution is 6.31. The third-order valence-electron chi connectivity index (χ3n) is 3.96. The maximum atomic E-state index is 12.9. The van der Waals surface area contributed by atoms with E-state index in [9.17, 15) is 18.0 Å². The molecule has 1 heterocycles. The van der Waals surface area contributed by atoms with E-state index in [4.69, 9.17) is 11.6 Å². The smallest absolute Gasteiger partial charge is 0.325 e. The summed E-state index contributed by atoms with van der Waals surface area (Å²) in [5.41, 5.74) is -0.892. The number of halogens is 4. The van der Waals surface area contributed by atoms with E-state index >= 15 is 0 Å². The van der Waals surface area contributed by atoms with Crippen LogP contribution in [0.1, 0.15) is 24.8 Å². The van der Waals surface area contributed by atoms with Gasteiger partial charge in [-0.3, -0.25) is 14.4 Å². The Morgan fingerprint density at radius 1 is 1.30 bits per heavy atom. The van der Waals surface area contributed by atoms with Gasteiger partial charge >= 0.3 is 6.18 Å². The van der Waals surface area contributed by atoms with Crippen LogP contribution in [-0.2, 0) is 17.5 Å². The predicted octanol–water partition coefficient (Wildman–Crippen LogP) is 4.30. The average Bonchev–Trinajstić information content (AvgIpc) is 3.08. The molecule has 148 valence electrons. The predicted molar refractivity (Wildman–Crippen MR) is 98.7 cm³/mol. The number of unbranched alkanes of at least 4 members (excludes halogenated alkanes) is 2. The van der Waals surface area contributed by atoms with Crippen molar-refractivity contribution in [3.05, 3.63) is 47.2 Å². The molecule has 2 rings (SSSR count). The van der Waals surface area contributed by atoms with Crippen LogP contribution in [0.4, 0.5) is 18.9 Å². The Balaban J connectivity index is 1.71. The molecule has 1 N–H and O–H groups in total. The first-order valence-electron chi connectivity index (χ1n) is 8.58. The largest absolute Gasteiger partial charge is 0.417 e.